The number of benzene rings is 3. The maximum absolute atomic E-state index is 13.8. The van der Waals surface area contributed by atoms with E-state index in [0.717, 1.165) is 38.0 Å². The molecule has 0 radical (unpaired) electrons. The number of carbonyl (C=O) groups is 3. The van der Waals surface area contributed by atoms with Crippen molar-refractivity contribution in [1.29, 1.82) is 0 Å². The maximum Gasteiger partial charge on any atom is 0.308 e. The zero-order chi connectivity index (χ0) is 28.1. The van der Waals surface area contributed by atoms with Crippen LogP contribution in [0.2, 0.25) is 5.02 Å². The number of thiazole rings is 1. The van der Waals surface area contributed by atoms with E-state index >= 15 is 0 Å². The van der Waals surface area contributed by atoms with E-state index in [-0.39, 0.29) is 17.1 Å². The van der Waals surface area contributed by atoms with Gasteiger partial charge in [-0.25, -0.2) is 9.29 Å². The second kappa shape index (κ2) is 10.6. The van der Waals surface area contributed by atoms with Gasteiger partial charge in [-0.15, -0.1) is 0 Å². The van der Waals surface area contributed by atoms with E-state index in [0.29, 0.717) is 20.6 Å². The first-order valence-electron chi connectivity index (χ1n) is 12.1. The number of anilines is 2. The van der Waals surface area contributed by atoms with Gasteiger partial charge in [-0.2, -0.15) is 0 Å². The largest absolute Gasteiger partial charge is 0.325 e. The molecule has 0 bridgehead atoms. The molecule has 1 saturated heterocycles. The molecule has 3 amide bonds. The molecule has 40 heavy (non-hydrogen) atoms. The summed E-state index contributed by atoms with van der Waals surface area (Å²) in [5.74, 6) is -3.14. The predicted molar refractivity (Wildman–Crippen MR) is 157 cm³/mol. The molecular weight excluding hydrogens is 641 g/mol. The number of hydrogen-bond donors (Lipinski definition) is 1. The van der Waals surface area contributed by atoms with Crippen molar-refractivity contribution in [1.82, 2.24) is 4.57 Å². The highest BCUT2D eigenvalue weighted by Gasteiger charge is 2.56. The second-order valence-electron chi connectivity index (χ2n) is 9.26. The molecule has 2 unspecified atom stereocenters. The van der Waals surface area contributed by atoms with Gasteiger partial charge in [-0.05, 0) is 66.2 Å². The third-order valence-corrected chi connectivity index (χ3v) is 10.2. The highest BCUT2D eigenvalue weighted by Crippen LogP contribution is 2.53. The molecule has 1 N–H and O–H groups in total. The molecule has 1 fully saturated rings. The van der Waals surface area contributed by atoms with Gasteiger partial charge < -0.3 is 5.32 Å². The van der Waals surface area contributed by atoms with Crippen LogP contribution in [0.15, 0.2) is 87.1 Å². The summed E-state index contributed by atoms with van der Waals surface area (Å²) < 4.78 is 15.8. The Bertz CT molecular complexity index is 1710. The molecule has 0 aliphatic carbocycles. The molecule has 3 heterocycles. The van der Waals surface area contributed by atoms with Crippen LogP contribution in [0.4, 0.5) is 15.8 Å². The van der Waals surface area contributed by atoms with E-state index in [9.17, 15) is 23.6 Å². The van der Waals surface area contributed by atoms with E-state index in [1.54, 1.807) is 24.3 Å². The first-order valence-corrected chi connectivity index (χ1v) is 14.9. The van der Waals surface area contributed by atoms with Crippen LogP contribution in [-0.2, 0) is 20.9 Å². The smallest absolute Gasteiger partial charge is 0.308 e. The molecule has 3 atom stereocenters. The Kier molecular flexibility index (Phi) is 7.16. The first kappa shape index (κ1) is 26.9. The molecule has 4 aromatic rings. The fourth-order valence-corrected chi connectivity index (χ4v) is 8.17. The Morgan fingerprint density at radius 1 is 0.950 bits per heavy atom. The van der Waals surface area contributed by atoms with Gasteiger partial charge in [-0.1, -0.05) is 62.8 Å². The summed E-state index contributed by atoms with van der Waals surface area (Å²) in [7, 11) is 0. The zero-order valence-corrected chi connectivity index (χ0v) is 24.3. The summed E-state index contributed by atoms with van der Waals surface area (Å²) in [5, 5.41) is 2.93. The van der Waals surface area contributed by atoms with E-state index in [1.807, 2.05) is 24.3 Å². The summed E-state index contributed by atoms with van der Waals surface area (Å²) >= 11 is 11.4. The van der Waals surface area contributed by atoms with Crippen molar-refractivity contribution >= 4 is 79.7 Å². The zero-order valence-electron chi connectivity index (χ0n) is 20.3. The van der Waals surface area contributed by atoms with Crippen LogP contribution in [0.3, 0.4) is 0 Å². The lowest BCUT2D eigenvalue weighted by Crippen LogP contribution is -2.33. The van der Waals surface area contributed by atoms with Crippen LogP contribution >= 0.6 is 50.6 Å². The minimum atomic E-state index is -0.835. The van der Waals surface area contributed by atoms with Crippen molar-refractivity contribution < 1.29 is 18.8 Å². The summed E-state index contributed by atoms with van der Waals surface area (Å²) in [6.45, 7) is -0.269. The predicted octanol–water partition coefficient (Wildman–Crippen LogP) is 5.90. The van der Waals surface area contributed by atoms with E-state index in [1.165, 1.54) is 28.8 Å². The number of fused-ring (bicyclic) bond motifs is 2. The molecule has 6 rings (SSSR count). The number of amides is 3. The number of carbonyl (C=O) groups excluding carboxylic acids is 3. The molecule has 2 aliphatic heterocycles. The monoisotopic (exact) mass is 657 g/mol. The Morgan fingerprint density at radius 3 is 2.30 bits per heavy atom. The Morgan fingerprint density at radius 2 is 1.62 bits per heavy atom. The van der Waals surface area contributed by atoms with Crippen LogP contribution < -0.4 is 15.1 Å². The van der Waals surface area contributed by atoms with Gasteiger partial charge in [0, 0.05) is 26.0 Å². The van der Waals surface area contributed by atoms with Crippen LogP contribution in [0.1, 0.15) is 16.4 Å². The van der Waals surface area contributed by atoms with Crippen molar-refractivity contribution in [2.75, 3.05) is 10.2 Å². The van der Waals surface area contributed by atoms with Crippen LogP contribution in [0, 0.1) is 11.7 Å². The molecule has 0 saturated carbocycles. The highest BCUT2D eigenvalue weighted by molar-refractivity contribution is 9.10. The molecule has 0 spiro atoms. The van der Waals surface area contributed by atoms with Crippen molar-refractivity contribution in [3.05, 3.63) is 108 Å². The average molecular weight is 659 g/mol. The fourth-order valence-electron chi connectivity index (χ4n) is 5.01. The van der Waals surface area contributed by atoms with Crippen molar-refractivity contribution in [2.45, 2.75) is 22.7 Å². The minimum Gasteiger partial charge on any atom is -0.325 e. The van der Waals surface area contributed by atoms with Gasteiger partial charge >= 0.3 is 4.87 Å². The number of aromatic nitrogens is 1. The number of nitrogens with one attached hydrogen (secondary N) is 1. The van der Waals surface area contributed by atoms with Crippen LogP contribution in [0.25, 0.3) is 0 Å². The second-order valence-corrected chi connectivity index (χ2v) is 12.7. The summed E-state index contributed by atoms with van der Waals surface area (Å²) in [4.78, 5) is 55.0. The summed E-state index contributed by atoms with van der Waals surface area (Å²) in [5.41, 5.74) is 1.57. The molecular formula is C28H18BrClFN3O4S2. The number of halogens is 3. The molecule has 1 aromatic heterocycles. The number of thioether (sulfide) groups is 1. The van der Waals surface area contributed by atoms with Crippen LogP contribution in [0.5, 0.6) is 0 Å². The highest BCUT2D eigenvalue weighted by atomic mass is 79.9. The van der Waals surface area contributed by atoms with Gasteiger partial charge in [0.2, 0.25) is 17.7 Å². The fraction of sp³-hybridized carbons (Fsp3) is 0.143. The Labute approximate surface area is 249 Å². The first-order chi connectivity index (χ1) is 19.2. The van der Waals surface area contributed by atoms with Crippen molar-refractivity contribution in [3.8, 4) is 0 Å². The molecule has 2 aliphatic rings. The minimum absolute atomic E-state index is 0.269. The van der Waals surface area contributed by atoms with Crippen LogP contribution in [-0.4, -0.2) is 27.5 Å². The van der Waals surface area contributed by atoms with Gasteiger partial charge in [0.05, 0.1) is 16.6 Å². The normalized spacial score (nSPS) is 19.9. The molecule has 7 nitrogen and oxygen atoms in total. The van der Waals surface area contributed by atoms with Gasteiger partial charge in [0.25, 0.3) is 0 Å². The number of hydrogen-bond acceptors (Lipinski definition) is 6. The summed E-state index contributed by atoms with van der Waals surface area (Å²) in [6.07, 6.45) is 0. The number of imide groups is 1. The lowest BCUT2D eigenvalue weighted by atomic mass is 9.83. The van der Waals surface area contributed by atoms with E-state index in [2.05, 4.69) is 21.2 Å². The lowest BCUT2D eigenvalue weighted by molar-refractivity contribution is -0.122. The third-order valence-electron chi connectivity index (χ3n) is 6.79. The Balaban J connectivity index is 1.40. The quantitative estimate of drug-likeness (QED) is 0.270. The van der Waals surface area contributed by atoms with Gasteiger partial charge in [0.15, 0.2) is 0 Å². The van der Waals surface area contributed by atoms with Gasteiger partial charge in [0.1, 0.15) is 17.6 Å². The van der Waals surface area contributed by atoms with Crippen molar-refractivity contribution in [3.63, 3.8) is 0 Å². The standard InChI is InChI=1S/C28H18BrClFN3O4S2/c29-15-3-1-14(2-4-15)21-22-23(26(37)34(25(22)36)19-11-7-17(31)8-12-19)39-27-24(21)40-28(38)33(27)13-20(35)32-18-9-5-16(30)6-10-18/h1-12,21-23H,13H2,(H,32,35)/t21-,22?,23?/m1/s1. The topological polar surface area (TPSA) is 88.5 Å². The number of rotatable bonds is 5. The number of nitrogens with zero attached hydrogens (tertiary/aromatic N) is 2. The average Bonchev–Trinajstić information content (AvgIpc) is 3.37. The molecule has 3 aromatic carbocycles. The molecule has 12 heteroatoms. The van der Waals surface area contributed by atoms with E-state index in [4.69, 9.17) is 11.6 Å². The summed E-state index contributed by atoms with van der Waals surface area (Å²) in [6, 6.07) is 19.2. The molecule has 202 valence electrons. The maximum atomic E-state index is 13.8. The van der Waals surface area contributed by atoms with E-state index < -0.39 is 40.6 Å². The lowest BCUT2D eigenvalue weighted by Gasteiger charge is -2.30. The van der Waals surface area contributed by atoms with Gasteiger partial charge in [-0.3, -0.25) is 23.7 Å². The SMILES string of the molecule is O=C(Cn1c2c(sc1=O)[C@H](c1ccc(Br)cc1)C1C(=O)N(c3ccc(F)cc3)C(=O)C1S2)Nc1ccc(Cl)cc1. The third kappa shape index (κ3) is 4.81. The van der Waals surface area contributed by atoms with Crippen molar-refractivity contribution in [2.24, 2.45) is 5.92 Å². The Hall–Kier alpha value is -3.25.